The maximum Gasteiger partial charge on any atom is 0.134 e. The fourth-order valence-corrected chi connectivity index (χ4v) is 2.95. The molecule has 5 heteroatoms. The molecule has 21 heavy (non-hydrogen) atoms. The summed E-state index contributed by atoms with van der Waals surface area (Å²) < 4.78 is 0. The van der Waals surface area contributed by atoms with Gasteiger partial charge in [-0.2, -0.15) is 0 Å². The Bertz CT molecular complexity index is 470. The molecule has 0 radical (unpaired) electrons. The Morgan fingerprint density at radius 1 is 1.19 bits per heavy atom. The van der Waals surface area contributed by atoms with Crippen LogP contribution >= 0.6 is 0 Å². The second-order valence-corrected chi connectivity index (χ2v) is 7.48. The molecule has 0 spiro atoms. The average Bonchev–Trinajstić information content (AvgIpc) is 2.88. The van der Waals surface area contributed by atoms with Crippen LogP contribution in [0.25, 0.3) is 0 Å². The summed E-state index contributed by atoms with van der Waals surface area (Å²) in [5, 5.41) is 3.41. The lowest BCUT2D eigenvalue weighted by Gasteiger charge is -2.44. The monoisotopic (exact) mass is 289 g/mol. The predicted octanol–water partition coefficient (Wildman–Crippen LogP) is 2.22. The normalized spacial score (nSPS) is 20.6. The van der Waals surface area contributed by atoms with Crippen molar-refractivity contribution in [2.45, 2.75) is 39.7 Å². The summed E-state index contributed by atoms with van der Waals surface area (Å²) in [7, 11) is 0. The van der Waals surface area contributed by atoms with E-state index < -0.39 is 0 Å². The van der Waals surface area contributed by atoms with Gasteiger partial charge in [-0.3, -0.25) is 4.90 Å². The zero-order valence-corrected chi connectivity index (χ0v) is 13.5. The molecule has 0 bridgehead atoms. The van der Waals surface area contributed by atoms with Gasteiger partial charge in [0.2, 0.25) is 0 Å². The van der Waals surface area contributed by atoms with Crippen molar-refractivity contribution in [1.82, 2.24) is 14.9 Å². The molecule has 2 saturated heterocycles. The smallest absolute Gasteiger partial charge is 0.134 e. The molecule has 0 aromatic carbocycles. The summed E-state index contributed by atoms with van der Waals surface area (Å²) in [4.78, 5) is 13.7. The Hall–Kier alpha value is -1.36. The van der Waals surface area contributed by atoms with Crippen molar-refractivity contribution in [1.29, 1.82) is 0 Å². The van der Waals surface area contributed by atoms with E-state index in [1.54, 1.807) is 6.33 Å². The van der Waals surface area contributed by atoms with Crippen LogP contribution in [0.2, 0.25) is 0 Å². The van der Waals surface area contributed by atoms with Crippen molar-refractivity contribution >= 4 is 11.6 Å². The molecule has 1 aromatic heterocycles. The van der Waals surface area contributed by atoms with Crippen molar-refractivity contribution in [3.63, 3.8) is 0 Å². The van der Waals surface area contributed by atoms with Crippen LogP contribution in [0.15, 0.2) is 12.4 Å². The molecule has 5 nitrogen and oxygen atoms in total. The highest BCUT2D eigenvalue weighted by Crippen LogP contribution is 2.25. The molecule has 1 aromatic rings. The Morgan fingerprint density at radius 2 is 1.90 bits per heavy atom. The third-order valence-electron chi connectivity index (χ3n) is 4.30. The van der Waals surface area contributed by atoms with Gasteiger partial charge in [-0.15, -0.1) is 0 Å². The lowest BCUT2D eigenvalue weighted by atomic mass is 9.97. The average molecular weight is 289 g/mol. The van der Waals surface area contributed by atoms with Crippen molar-refractivity contribution in [2.24, 2.45) is 5.41 Å². The van der Waals surface area contributed by atoms with E-state index in [4.69, 9.17) is 0 Å². The lowest BCUT2D eigenvalue weighted by molar-refractivity contribution is 0.204. The van der Waals surface area contributed by atoms with E-state index in [9.17, 15) is 0 Å². The summed E-state index contributed by atoms with van der Waals surface area (Å²) in [6, 6.07) is 2.81. The highest BCUT2D eigenvalue weighted by molar-refractivity contribution is 5.50. The molecular weight excluding hydrogens is 262 g/mol. The zero-order valence-electron chi connectivity index (χ0n) is 13.5. The van der Waals surface area contributed by atoms with Crippen LogP contribution in [0, 0.1) is 5.41 Å². The largest absolute Gasteiger partial charge is 0.369 e. The van der Waals surface area contributed by atoms with E-state index in [1.807, 2.05) is 0 Å². The minimum absolute atomic E-state index is 0.253. The van der Waals surface area contributed by atoms with Crippen molar-refractivity contribution in [2.75, 3.05) is 42.9 Å². The first-order valence-electron chi connectivity index (χ1n) is 8.06. The molecule has 0 unspecified atom stereocenters. The maximum atomic E-state index is 4.42. The first-order valence-corrected chi connectivity index (χ1v) is 8.06. The SMILES string of the molecule is CC(C)(C)CNc1cc(N2CC(N3CCCC3)C2)ncn1. The maximum absolute atomic E-state index is 4.42. The van der Waals surface area contributed by atoms with E-state index in [2.05, 4.69) is 51.9 Å². The zero-order chi connectivity index (χ0) is 14.9. The molecule has 0 amide bonds. The molecule has 3 rings (SSSR count). The Morgan fingerprint density at radius 3 is 2.57 bits per heavy atom. The molecular formula is C16H27N5. The summed E-state index contributed by atoms with van der Waals surface area (Å²) in [5.41, 5.74) is 0.253. The molecule has 3 heterocycles. The number of hydrogen-bond donors (Lipinski definition) is 1. The highest BCUT2D eigenvalue weighted by Gasteiger charge is 2.33. The predicted molar refractivity (Wildman–Crippen MR) is 86.8 cm³/mol. The number of nitrogens with zero attached hydrogens (tertiary/aromatic N) is 4. The molecule has 2 aliphatic rings. The number of nitrogens with one attached hydrogen (secondary N) is 1. The number of hydrogen-bond acceptors (Lipinski definition) is 5. The van der Waals surface area contributed by atoms with Gasteiger partial charge < -0.3 is 10.2 Å². The number of likely N-dealkylation sites (tertiary alicyclic amines) is 1. The van der Waals surface area contributed by atoms with Gasteiger partial charge >= 0.3 is 0 Å². The number of rotatable bonds is 4. The molecule has 0 saturated carbocycles. The first-order chi connectivity index (χ1) is 10.0. The van der Waals surface area contributed by atoms with E-state index in [-0.39, 0.29) is 5.41 Å². The Balaban J connectivity index is 1.54. The van der Waals surface area contributed by atoms with Crippen LogP contribution in [0.1, 0.15) is 33.6 Å². The molecule has 0 aliphatic carbocycles. The van der Waals surface area contributed by atoms with Gasteiger partial charge in [-0.05, 0) is 31.3 Å². The van der Waals surface area contributed by atoms with Crippen LogP contribution < -0.4 is 10.2 Å². The second kappa shape index (κ2) is 5.79. The van der Waals surface area contributed by atoms with E-state index in [0.717, 1.165) is 37.3 Å². The summed E-state index contributed by atoms with van der Waals surface area (Å²) >= 11 is 0. The van der Waals surface area contributed by atoms with Crippen LogP contribution in [0.4, 0.5) is 11.6 Å². The van der Waals surface area contributed by atoms with Crippen LogP contribution in [0.5, 0.6) is 0 Å². The topological polar surface area (TPSA) is 44.3 Å². The lowest BCUT2D eigenvalue weighted by Crippen LogP contribution is -2.59. The van der Waals surface area contributed by atoms with Gasteiger partial charge in [0.15, 0.2) is 0 Å². The quantitative estimate of drug-likeness (QED) is 0.921. The molecule has 2 fully saturated rings. The third-order valence-corrected chi connectivity index (χ3v) is 4.30. The third kappa shape index (κ3) is 3.64. The molecule has 1 N–H and O–H groups in total. The van der Waals surface area contributed by atoms with E-state index >= 15 is 0 Å². The Kier molecular flexibility index (Phi) is 4.02. The van der Waals surface area contributed by atoms with Gasteiger partial charge in [0, 0.05) is 31.7 Å². The van der Waals surface area contributed by atoms with Crippen molar-refractivity contribution < 1.29 is 0 Å². The van der Waals surface area contributed by atoms with Crippen molar-refractivity contribution in [3.8, 4) is 0 Å². The van der Waals surface area contributed by atoms with Gasteiger partial charge in [-0.25, -0.2) is 9.97 Å². The van der Waals surface area contributed by atoms with Gasteiger partial charge in [0.05, 0.1) is 0 Å². The van der Waals surface area contributed by atoms with E-state index in [0.29, 0.717) is 0 Å². The van der Waals surface area contributed by atoms with Crippen molar-refractivity contribution in [3.05, 3.63) is 12.4 Å². The standard InChI is InChI=1S/C16H27N5/c1-16(2,3)11-17-14-8-15(19-12-18-14)21-9-13(10-21)20-6-4-5-7-20/h8,12-13H,4-7,9-11H2,1-3H3,(H,17,18,19). The molecule has 116 valence electrons. The molecule has 0 atom stereocenters. The minimum Gasteiger partial charge on any atom is -0.369 e. The fourth-order valence-electron chi connectivity index (χ4n) is 2.95. The summed E-state index contributed by atoms with van der Waals surface area (Å²) in [5.74, 6) is 1.98. The van der Waals surface area contributed by atoms with Gasteiger partial charge in [0.25, 0.3) is 0 Å². The van der Waals surface area contributed by atoms with E-state index in [1.165, 1.54) is 25.9 Å². The number of anilines is 2. The highest BCUT2D eigenvalue weighted by atomic mass is 15.3. The summed E-state index contributed by atoms with van der Waals surface area (Å²) in [6.45, 7) is 12.3. The van der Waals surface area contributed by atoms with Crippen LogP contribution in [0.3, 0.4) is 0 Å². The van der Waals surface area contributed by atoms with Crippen LogP contribution in [-0.2, 0) is 0 Å². The van der Waals surface area contributed by atoms with Crippen LogP contribution in [-0.4, -0.2) is 53.6 Å². The van der Waals surface area contributed by atoms with Gasteiger partial charge in [0.1, 0.15) is 18.0 Å². The number of aromatic nitrogens is 2. The van der Waals surface area contributed by atoms with Gasteiger partial charge in [-0.1, -0.05) is 20.8 Å². The Labute approximate surface area is 127 Å². The molecule has 2 aliphatic heterocycles. The fraction of sp³-hybridized carbons (Fsp3) is 0.750. The second-order valence-electron chi connectivity index (χ2n) is 7.48. The summed E-state index contributed by atoms with van der Waals surface area (Å²) in [6.07, 6.45) is 4.40. The first kappa shape index (κ1) is 14.6. The minimum atomic E-state index is 0.253.